The number of anilines is 2. The van der Waals surface area contributed by atoms with Crippen LogP contribution in [0.2, 0.25) is 0 Å². The molecule has 2 aliphatic heterocycles. The molecule has 0 spiro atoms. The number of benzene rings is 2. The predicted octanol–water partition coefficient (Wildman–Crippen LogP) is 2.60. The van der Waals surface area contributed by atoms with Gasteiger partial charge in [0.25, 0.3) is 5.91 Å². The van der Waals surface area contributed by atoms with Gasteiger partial charge in [-0.15, -0.1) is 0 Å². The second kappa shape index (κ2) is 7.84. The molecule has 2 aliphatic rings. The molecule has 0 aliphatic carbocycles. The van der Waals surface area contributed by atoms with E-state index in [1.54, 1.807) is 4.90 Å². The minimum atomic E-state index is -0.562. The molecule has 2 aromatic carbocycles. The Balaban J connectivity index is 1.41. The van der Waals surface area contributed by atoms with E-state index in [-0.39, 0.29) is 24.1 Å². The Morgan fingerprint density at radius 2 is 1.79 bits per heavy atom. The van der Waals surface area contributed by atoms with Crippen molar-refractivity contribution in [3.63, 3.8) is 0 Å². The van der Waals surface area contributed by atoms with E-state index in [1.807, 2.05) is 54.6 Å². The van der Waals surface area contributed by atoms with E-state index in [0.717, 1.165) is 29.9 Å². The fourth-order valence-corrected chi connectivity index (χ4v) is 3.80. The number of hydrogen-bond acceptors (Lipinski definition) is 4. The summed E-state index contributed by atoms with van der Waals surface area (Å²) in [4.78, 5) is 40.1. The van der Waals surface area contributed by atoms with Crippen LogP contribution in [-0.4, -0.2) is 41.8 Å². The molecule has 0 radical (unpaired) electrons. The van der Waals surface area contributed by atoms with Crippen LogP contribution in [0, 0.1) is 0 Å². The molecule has 3 amide bonds. The Morgan fingerprint density at radius 3 is 2.54 bits per heavy atom. The number of nitrogens with zero attached hydrogens (tertiary/aromatic N) is 2. The summed E-state index contributed by atoms with van der Waals surface area (Å²) in [6.07, 6.45) is 2.24. The highest BCUT2D eigenvalue weighted by Gasteiger charge is 2.38. The molecular formula is C22H23N3O3. The Hall–Kier alpha value is -3.15. The van der Waals surface area contributed by atoms with Crippen LogP contribution in [0.25, 0.3) is 0 Å². The van der Waals surface area contributed by atoms with Crippen molar-refractivity contribution in [2.75, 3.05) is 23.3 Å². The van der Waals surface area contributed by atoms with Crippen LogP contribution in [0.15, 0.2) is 54.6 Å². The zero-order valence-electron chi connectivity index (χ0n) is 15.6. The predicted molar refractivity (Wildman–Crippen MR) is 107 cm³/mol. The Bertz CT molecular complexity index is 897. The lowest BCUT2D eigenvalue weighted by molar-refractivity contribution is -0.138. The molecule has 28 heavy (non-hydrogen) atoms. The van der Waals surface area contributed by atoms with Crippen LogP contribution in [0.5, 0.6) is 0 Å². The van der Waals surface area contributed by atoms with Gasteiger partial charge < -0.3 is 10.2 Å². The van der Waals surface area contributed by atoms with E-state index >= 15 is 0 Å². The first-order chi connectivity index (χ1) is 13.6. The first-order valence-electron chi connectivity index (χ1n) is 9.67. The maximum absolute atomic E-state index is 12.7. The summed E-state index contributed by atoms with van der Waals surface area (Å²) in [7, 11) is 0. The van der Waals surface area contributed by atoms with Crippen molar-refractivity contribution in [1.29, 1.82) is 0 Å². The van der Waals surface area contributed by atoms with Crippen molar-refractivity contribution in [2.24, 2.45) is 0 Å². The van der Waals surface area contributed by atoms with E-state index in [2.05, 4.69) is 5.32 Å². The van der Waals surface area contributed by atoms with E-state index in [0.29, 0.717) is 19.4 Å². The first-order valence-corrected chi connectivity index (χ1v) is 9.67. The molecule has 1 N–H and O–H groups in total. The summed E-state index contributed by atoms with van der Waals surface area (Å²) in [5, 5.41) is 3.18. The molecular weight excluding hydrogens is 354 g/mol. The number of rotatable bonds is 6. The van der Waals surface area contributed by atoms with Gasteiger partial charge in [-0.2, -0.15) is 0 Å². The third kappa shape index (κ3) is 3.76. The molecule has 6 heteroatoms. The van der Waals surface area contributed by atoms with Crippen molar-refractivity contribution in [3.05, 3.63) is 60.2 Å². The lowest BCUT2D eigenvalue weighted by Crippen LogP contribution is -2.36. The molecule has 2 fully saturated rings. The number of likely N-dealkylation sites (tertiary alicyclic amines) is 1. The first kappa shape index (κ1) is 18.2. The zero-order chi connectivity index (χ0) is 19.5. The minimum Gasteiger partial charge on any atom is -0.373 e. The number of nitrogens with one attached hydrogen (secondary N) is 1. The number of hydrogen-bond donors (Lipinski definition) is 1. The standard InChI is InChI=1S/C22H23N3O3/c26-20-10-5-12-24(20)18-9-4-8-17(14-18)23-19-15-21(27)25(22(19)28)13-11-16-6-2-1-3-7-16/h1-4,6-9,14,19,23H,5,10-13,15H2. The highest BCUT2D eigenvalue weighted by atomic mass is 16.2. The molecule has 0 bridgehead atoms. The molecule has 1 unspecified atom stereocenters. The second-order valence-electron chi connectivity index (χ2n) is 7.22. The molecule has 6 nitrogen and oxygen atoms in total. The topological polar surface area (TPSA) is 69.7 Å². The maximum Gasteiger partial charge on any atom is 0.252 e. The molecule has 0 aromatic heterocycles. The number of carbonyl (C=O) groups excluding carboxylic acids is 3. The van der Waals surface area contributed by atoms with Crippen molar-refractivity contribution in [3.8, 4) is 0 Å². The van der Waals surface area contributed by atoms with Gasteiger partial charge >= 0.3 is 0 Å². The fraction of sp³-hybridized carbons (Fsp3) is 0.318. The summed E-state index contributed by atoms with van der Waals surface area (Å²) in [5.41, 5.74) is 2.67. The van der Waals surface area contributed by atoms with E-state index in [9.17, 15) is 14.4 Å². The van der Waals surface area contributed by atoms with Gasteiger partial charge in [-0.3, -0.25) is 19.3 Å². The average molecular weight is 377 g/mol. The Morgan fingerprint density at radius 1 is 0.964 bits per heavy atom. The summed E-state index contributed by atoms with van der Waals surface area (Å²) in [6.45, 7) is 1.11. The third-order valence-electron chi connectivity index (χ3n) is 5.28. The maximum atomic E-state index is 12.7. The van der Waals surface area contributed by atoms with Crippen LogP contribution in [-0.2, 0) is 20.8 Å². The third-order valence-corrected chi connectivity index (χ3v) is 5.28. The zero-order valence-corrected chi connectivity index (χ0v) is 15.6. The van der Waals surface area contributed by atoms with Gasteiger partial charge in [0, 0.05) is 30.9 Å². The van der Waals surface area contributed by atoms with Gasteiger partial charge in [0.2, 0.25) is 11.8 Å². The van der Waals surface area contributed by atoms with Crippen LogP contribution in [0.1, 0.15) is 24.8 Å². The van der Waals surface area contributed by atoms with Crippen molar-refractivity contribution in [1.82, 2.24) is 4.90 Å². The van der Waals surface area contributed by atoms with Crippen LogP contribution in [0.4, 0.5) is 11.4 Å². The quantitative estimate of drug-likeness (QED) is 0.786. The summed E-state index contributed by atoms with van der Waals surface area (Å²) < 4.78 is 0. The smallest absolute Gasteiger partial charge is 0.252 e. The number of carbonyl (C=O) groups is 3. The highest BCUT2D eigenvalue weighted by molar-refractivity contribution is 6.07. The average Bonchev–Trinajstić information content (AvgIpc) is 3.24. The molecule has 2 saturated heterocycles. The lowest BCUT2D eigenvalue weighted by Gasteiger charge is -2.19. The van der Waals surface area contributed by atoms with Gasteiger partial charge in [0.1, 0.15) is 6.04 Å². The minimum absolute atomic E-state index is 0.122. The van der Waals surface area contributed by atoms with Crippen LogP contribution < -0.4 is 10.2 Å². The molecule has 144 valence electrons. The van der Waals surface area contributed by atoms with Gasteiger partial charge in [-0.1, -0.05) is 36.4 Å². The largest absolute Gasteiger partial charge is 0.373 e. The van der Waals surface area contributed by atoms with Crippen LogP contribution in [0.3, 0.4) is 0 Å². The summed E-state index contributed by atoms with van der Waals surface area (Å²) >= 11 is 0. The monoisotopic (exact) mass is 377 g/mol. The fourth-order valence-electron chi connectivity index (χ4n) is 3.80. The van der Waals surface area contributed by atoms with Gasteiger partial charge in [-0.05, 0) is 36.6 Å². The molecule has 2 aromatic rings. The summed E-state index contributed by atoms with van der Waals surface area (Å²) in [6, 6.07) is 16.7. The number of imide groups is 1. The Kier molecular flexibility index (Phi) is 5.10. The summed E-state index contributed by atoms with van der Waals surface area (Å²) in [5.74, 6) is -0.218. The van der Waals surface area contributed by atoms with Gasteiger partial charge in [-0.25, -0.2) is 0 Å². The SMILES string of the molecule is O=C1CC(Nc2cccc(N3CCCC3=O)c2)C(=O)N1CCc1ccccc1. The molecule has 1 atom stereocenters. The highest BCUT2D eigenvalue weighted by Crippen LogP contribution is 2.26. The number of amides is 3. The normalized spacial score (nSPS) is 19.6. The van der Waals surface area contributed by atoms with Gasteiger partial charge in [0.05, 0.1) is 6.42 Å². The Labute approximate surface area is 164 Å². The van der Waals surface area contributed by atoms with Gasteiger partial charge in [0.15, 0.2) is 0 Å². The van der Waals surface area contributed by atoms with Crippen molar-refractivity contribution < 1.29 is 14.4 Å². The van der Waals surface area contributed by atoms with Crippen LogP contribution >= 0.6 is 0 Å². The van der Waals surface area contributed by atoms with E-state index < -0.39 is 6.04 Å². The molecule has 4 rings (SSSR count). The van der Waals surface area contributed by atoms with Crippen molar-refractivity contribution in [2.45, 2.75) is 31.7 Å². The van der Waals surface area contributed by atoms with E-state index in [1.165, 1.54) is 4.90 Å². The van der Waals surface area contributed by atoms with E-state index in [4.69, 9.17) is 0 Å². The van der Waals surface area contributed by atoms with Crippen molar-refractivity contribution >= 4 is 29.1 Å². The second-order valence-corrected chi connectivity index (χ2v) is 7.22. The molecule has 2 heterocycles. The molecule has 0 saturated carbocycles. The lowest BCUT2D eigenvalue weighted by atomic mass is 10.1.